The molecule has 0 unspecified atom stereocenters. The van der Waals surface area contributed by atoms with Gasteiger partial charge in [0.05, 0.1) is 11.1 Å². The van der Waals surface area contributed by atoms with E-state index in [1.807, 2.05) is 39.0 Å². The molecule has 0 aliphatic rings. The van der Waals surface area contributed by atoms with Crippen LogP contribution in [0.1, 0.15) is 28.4 Å². The molecule has 132 valence electrons. The van der Waals surface area contributed by atoms with Crippen LogP contribution < -0.4 is 14.8 Å². The summed E-state index contributed by atoms with van der Waals surface area (Å²) in [6.45, 7) is 6.01. The molecular weight excluding hydrogens is 386 g/mol. The van der Waals surface area contributed by atoms with E-state index in [4.69, 9.17) is 9.47 Å². The molecule has 0 saturated carbocycles. The van der Waals surface area contributed by atoms with Gasteiger partial charge in [-0.1, -0.05) is 12.1 Å². The Labute approximate surface area is 155 Å². The first-order chi connectivity index (χ1) is 12.0. The third kappa shape index (κ3) is 4.82. The van der Waals surface area contributed by atoms with Crippen LogP contribution in [0, 0.1) is 13.8 Å². The quantitative estimate of drug-likeness (QED) is 0.697. The Morgan fingerprint density at radius 1 is 1.24 bits per heavy atom. The van der Waals surface area contributed by atoms with Crippen LogP contribution in [0.5, 0.6) is 11.5 Å². The van der Waals surface area contributed by atoms with E-state index in [1.54, 1.807) is 12.1 Å². The second-order valence-corrected chi connectivity index (χ2v) is 6.32. The number of ether oxygens (including phenoxy) is 2. The maximum absolute atomic E-state index is 12.2. The van der Waals surface area contributed by atoms with Crippen molar-refractivity contribution in [1.29, 1.82) is 0 Å². The number of carbonyl (C=O) groups excluding carboxylic acids is 2. The monoisotopic (exact) mass is 405 g/mol. The van der Waals surface area contributed by atoms with Gasteiger partial charge in [-0.25, -0.2) is 0 Å². The normalized spacial score (nSPS) is 10.2. The summed E-state index contributed by atoms with van der Waals surface area (Å²) in [6, 6.07) is 8.93. The van der Waals surface area contributed by atoms with Gasteiger partial charge >= 0.3 is 0 Å². The van der Waals surface area contributed by atoms with Crippen LogP contribution >= 0.6 is 15.9 Å². The van der Waals surface area contributed by atoms with E-state index < -0.39 is 0 Å². The number of carbonyl (C=O) groups is 2. The van der Waals surface area contributed by atoms with Crippen LogP contribution in [-0.2, 0) is 4.79 Å². The molecule has 0 fully saturated rings. The van der Waals surface area contributed by atoms with Gasteiger partial charge in [-0.15, -0.1) is 0 Å². The lowest BCUT2D eigenvalue weighted by atomic mass is 10.1. The van der Waals surface area contributed by atoms with Crippen molar-refractivity contribution in [3.05, 3.63) is 51.5 Å². The zero-order valence-corrected chi connectivity index (χ0v) is 16.0. The molecule has 0 aliphatic heterocycles. The van der Waals surface area contributed by atoms with Crippen LogP contribution in [0.4, 0.5) is 5.69 Å². The maximum atomic E-state index is 12.2. The van der Waals surface area contributed by atoms with E-state index in [2.05, 4.69) is 21.2 Å². The molecule has 1 amide bonds. The summed E-state index contributed by atoms with van der Waals surface area (Å²) in [5.41, 5.74) is 3.34. The Bertz CT molecular complexity index is 789. The summed E-state index contributed by atoms with van der Waals surface area (Å²) < 4.78 is 11.7. The van der Waals surface area contributed by atoms with Gasteiger partial charge < -0.3 is 14.8 Å². The van der Waals surface area contributed by atoms with Gasteiger partial charge in [0, 0.05) is 11.3 Å². The highest BCUT2D eigenvalue weighted by Gasteiger charge is 2.14. The molecule has 2 rings (SSSR count). The minimum atomic E-state index is -0.275. The molecule has 0 radical (unpaired) electrons. The summed E-state index contributed by atoms with van der Waals surface area (Å²) in [6.07, 6.45) is 0.726. The summed E-state index contributed by atoms with van der Waals surface area (Å²) in [4.78, 5) is 23.2. The topological polar surface area (TPSA) is 64.6 Å². The predicted molar refractivity (Wildman–Crippen MR) is 101 cm³/mol. The third-order valence-corrected chi connectivity index (χ3v) is 4.28. The Morgan fingerprint density at radius 2 is 2.00 bits per heavy atom. The number of anilines is 1. The van der Waals surface area contributed by atoms with Gasteiger partial charge in [-0.3, -0.25) is 9.59 Å². The van der Waals surface area contributed by atoms with Crippen molar-refractivity contribution in [2.45, 2.75) is 20.8 Å². The van der Waals surface area contributed by atoms with E-state index in [0.717, 1.165) is 23.1 Å². The second-order valence-electron chi connectivity index (χ2n) is 5.47. The average molecular weight is 406 g/mol. The van der Waals surface area contributed by atoms with Crippen LogP contribution in [0.3, 0.4) is 0 Å². The maximum Gasteiger partial charge on any atom is 0.262 e. The van der Waals surface area contributed by atoms with Crippen molar-refractivity contribution in [3.8, 4) is 11.5 Å². The number of benzene rings is 2. The first kappa shape index (κ1) is 19.0. The first-order valence-electron chi connectivity index (χ1n) is 7.86. The van der Waals surface area contributed by atoms with E-state index in [0.29, 0.717) is 28.1 Å². The molecule has 0 atom stereocenters. The number of hydrogen-bond acceptors (Lipinski definition) is 4. The molecule has 2 aromatic rings. The fourth-order valence-corrected chi connectivity index (χ4v) is 2.84. The van der Waals surface area contributed by atoms with Crippen molar-refractivity contribution >= 4 is 33.8 Å². The van der Waals surface area contributed by atoms with Gasteiger partial charge in [0.1, 0.15) is 6.29 Å². The fraction of sp³-hybridized carbons (Fsp3) is 0.263. The molecule has 0 saturated heterocycles. The van der Waals surface area contributed by atoms with E-state index in [9.17, 15) is 9.59 Å². The number of hydrogen-bond donors (Lipinski definition) is 1. The van der Waals surface area contributed by atoms with E-state index in [1.165, 1.54) is 0 Å². The van der Waals surface area contributed by atoms with E-state index >= 15 is 0 Å². The highest BCUT2D eigenvalue weighted by atomic mass is 79.9. The smallest absolute Gasteiger partial charge is 0.262 e. The van der Waals surface area contributed by atoms with Crippen molar-refractivity contribution in [2.75, 3.05) is 18.5 Å². The Balaban J connectivity index is 2.11. The molecule has 0 aromatic heterocycles. The van der Waals surface area contributed by atoms with Crippen LogP contribution in [-0.4, -0.2) is 25.4 Å². The summed E-state index contributed by atoms with van der Waals surface area (Å²) in [5, 5.41) is 2.84. The van der Waals surface area contributed by atoms with Crippen LogP contribution in [0.25, 0.3) is 0 Å². The van der Waals surface area contributed by atoms with Crippen molar-refractivity contribution < 1.29 is 19.1 Å². The SMILES string of the molecule is CCOc1cc(C=O)cc(Br)c1OCC(=O)Nc1cccc(C)c1C. The average Bonchev–Trinajstić information content (AvgIpc) is 2.58. The molecule has 0 spiro atoms. The zero-order chi connectivity index (χ0) is 18.4. The third-order valence-electron chi connectivity index (χ3n) is 3.69. The summed E-state index contributed by atoms with van der Waals surface area (Å²) in [5.74, 6) is 0.532. The van der Waals surface area contributed by atoms with E-state index in [-0.39, 0.29) is 12.5 Å². The molecule has 1 N–H and O–H groups in total. The van der Waals surface area contributed by atoms with Crippen molar-refractivity contribution in [1.82, 2.24) is 0 Å². The number of aryl methyl sites for hydroxylation is 1. The highest BCUT2D eigenvalue weighted by molar-refractivity contribution is 9.10. The fourth-order valence-electron chi connectivity index (χ4n) is 2.27. The van der Waals surface area contributed by atoms with Gasteiger partial charge in [-0.05, 0) is 66.0 Å². The van der Waals surface area contributed by atoms with Gasteiger partial charge in [0.2, 0.25) is 0 Å². The number of nitrogens with one attached hydrogen (secondary N) is 1. The molecule has 0 heterocycles. The van der Waals surface area contributed by atoms with Gasteiger partial charge in [0.15, 0.2) is 18.1 Å². The number of halogens is 1. The van der Waals surface area contributed by atoms with Crippen LogP contribution in [0.15, 0.2) is 34.8 Å². The molecule has 0 bridgehead atoms. The predicted octanol–water partition coefficient (Wildman–Crippen LogP) is 4.29. The molecular formula is C19H20BrNO4. The molecule has 25 heavy (non-hydrogen) atoms. The lowest BCUT2D eigenvalue weighted by molar-refractivity contribution is -0.118. The summed E-state index contributed by atoms with van der Waals surface area (Å²) in [7, 11) is 0. The van der Waals surface area contributed by atoms with Crippen molar-refractivity contribution in [3.63, 3.8) is 0 Å². The number of amides is 1. The Hall–Kier alpha value is -2.34. The standard InChI is InChI=1S/C19H20BrNO4/c1-4-24-17-9-14(10-22)8-15(20)19(17)25-11-18(23)21-16-7-5-6-12(2)13(16)3/h5-10H,4,11H2,1-3H3,(H,21,23). The minimum Gasteiger partial charge on any atom is -0.490 e. The van der Waals surface area contributed by atoms with Crippen molar-refractivity contribution in [2.24, 2.45) is 0 Å². The second kappa shape index (κ2) is 8.67. The van der Waals surface area contributed by atoms with Crippen LogP contribution in [0.2, 0.25) is 0 Å². The summed E-state index contributed by atoms with van der Waals surface area (Å²) >= 11 is 3.35. The Morgan fingerprint density at radius 3 is 2.68 bits per heavy atom. The number of aldehydes is 1. The largest absolute Gasteiger partial charge is 0.490 e. The zero-order valence-electron chi connectivity index (χ0n) is 14.4. The number of rotatable bonds is 7. The molecule has 6 heteroatoms. The first-order valence-corrected chi connectivity index (χ1v) is 8.66. The molecule has 2 aromatic carbocycles. The lowest BCUT2D eigenvalue weighted by Crippen LogP contribution is -2.21. The van der Waals surface area contributed by atoms with Gasteiger partial charge in [0.25, 0.3) is 5.91 Å². The Kier molecular flexibility index (Phi) is 6.58. The highest BCUT2D eigenvalue weighted by Crippen LogP contribution is 2.36. The minimum absolute atomic E-state index is 0.174. The molecule has 5 nitrogen and oxygen atoms in total. The molecule has 0 aliphatic carbocycles. The van der Waals surface area contributed by atoms with Gasteiger partial charge in [-0.2, -0.15) is 0 Å². The lowest BCUT2D eigenvalue weighted by Gasteiger charge is -2.15.